The van der Waals surface area contributed by atoms with E-state index in [2.05, 4.69) is 20.8 Å². The lowest BCUT2D eigenvalue weighted by Crippen LogP contribution is -2.12. The van der Waals surface area contributed by atoms with Gasteiger partial charge in [0.1, 0.15) is 11.6 Å². The molecule has 17 heavy (non-hydrogen) atoms. The van der Waals surface area contributed by atoms with Crippen LogP contribution in [0.25, 0.3) is 0 Å². The molecule has 0 unspecified atom stereocenters. The van der Waals surface area contributed by atoms with Crippen molar-refractivity contribution in [3.8, 4) is 5.75 Å². The highest BCUT2D eigenvalue weighted by atomic mass is 19.1. The number of carbonyl (C=O) groups excluding carboxylic acids is 1. The van der Waals surface area contributed by atoms with Crippen LogP contribution in [0.15, 0.2) is 18.2 Å². The van der Waals surface area contributed by atoms with E-state index in [1.54, 1.807) is 12.1 Å². The lowest BCUT2D eigenvalue weighted by atomic mass is 9.93. The molecule has 1 aromatic rings. The molecule has 0 amide bonds. The van der Waals surface area contributed by atoms with Crippen molar-refractivity contribution in [2.24, 2.45) is 5.41 Å². The van der Waals surface area contributed by atoms with Crippen LogP contribution in [-0.2, 0) is 0 Å². The number of rotatable bonds is 4. The predicted octanol–water partition coefficient (Wildman–Crippen LogP) is 3.84. The second-order valence-corrected chi connectivity index (χ2v) is 5.33. The molecule has 1 rings (SSSR count). The van der Waals surface area contributed by atoms with Gasteiger partial charge in [0, 0.05) is 0 Å². The third-order valence-electron chi connectivity index (χ3n) is 2.44. The SMILES string of the molecule is CC(=O)c1c(F)cccc1OCCC(C)(C)C. The lowest BCUT2D eigenvalue weighted by molar-refractivity contribution is 0.100. The molecule has 0 radical (unpaired) electrons. The van der Waals surface area contributed by atoms with E-state index in [4.69, 9.17) is 4.74 Å². The Bertz CT molecular complexity index is 405. The van der Waals surface area contributed by atoms with Gasteiger partial charge in [0.05, 0.1) is 12.2 Å². The largest absolute Gasteiger partial charge is 0.493 e. The molecule has 0 aromatic heterocycles. The zero-order chi connectivity index (χ0) is 13.1. The van der Waals surface area contributed by atoms with Gasteiger partial charge in [-0.3, -0.25) is 4.79 Å². The number of hydrogen-bond acceptors (Lipinski definition) is 2. The fourth-order valence-corrected chi connectivity index (χ4v) is 1.43. The van der Waals surface area contributed by atoms with Crippen molar-refractivity contribution in [2.45, 2.75) is 34.1 Å². The summed E-state index contributed by atoms with van der Waals surface area (Å²) in [5.74, 6) is -0.499. The summed E-state index contributed by atoms with van der Waals surface area (Å²) in [7, 11) is 0. The molecular weight excluding hydrogens is 219 g/mol. The smallest absolute Gasteiger partial charge is 0.166 e. The molecular formula is C14H19FO2. The number of ketones is 1. The van der Waals surface area contributed by atoms with Crippen LogP contribution >= 0.6 is 0 Å². The third-order valence-corrected chi connectivity index (χ3v) is 2.44. The maximum absolute atomic E-state index is 13.5. The minimum absolute atomic E-state index is 0.0430. The van der Waals surface area contributed by atoms with Crippen LogP contribution in [0.5, 0.6) is 5.75 Å². The molecule has 0 aliphatic rings. The van der Waals surface area contributed by atoms with Crippen molar-refractivity contribution >= 4 is 5.78 Å². The van der Waals surface area contributed by atoms with Gasteiger partial charge in [-0.1, -0.05) is 26.8 Å². The predicted molar refractivity (Wildman–Crippen MR) is 66.0 cm³/mol. The van der Waals surface area contributed by atoms with Crippen LogP contribution in [0.4, 0.5) is 4.39 Å². The lowest BCUT2D eigenvalue weighted by Gasteiger charge is -2.18. The van der Waals surface area contributed by atoms with Crippen LogP contribution in [0.3, 0.4) is 0 Å². The Labute approximate surface area is 102 Å². The molecule has 0 saturated heterocycles. The highest BCUT2D eigenvalue weighted by Crippen LogP contribution is 2.24. The molecule has 0 heterocycles. The van der Waals surface area contributed by atoms with E-state index in [1.807, 2.05) is 0 Å². The fourth-order valence-electron chi connectivity index (χ4n) is 1.43. The molecule has 0 aliphatic carbocycles. The average molecular weight is 238 g/mol. The van der Waals surface area contributed by atoms with Gasteiger partial charge in [-0.25, -0.2) is 4.39 Å². The molecule has 1 aromatic carbocycles. The standard InChI is InChI=1S/C14H19FO2/c1-10(16)13-11(15)6-5-7-12(13)17-9-8-14(2,3)4/h5-7H,8-9H2,1-4H3. The molecule has 3 heteroatoms. The second-order valence-electron chi connectivity index (χ2n) is 5.33. The topological polar surface area (TPSA) is 26.3 Å². The first-order valence-electron chi connectivity index (χ1n) is 5.73. The van der Waals surface area contributed by atoms with Gasteiger partial charge < -0.3 is 4.74 Å². The number of halogens is 1. The molecule has 94 valence electrons. The van der Waals surface area contributed by atoms with Gasteiger partial charge in [-0.05, 0) is 30.9 Å². The first-order chi connectivity index (χ1) is 7.81. The molecule has 0 aliphatic heterocycles. The molecule has 0 fully saturated rings. The summed E-state index contributed by atoms with van der Waals surface area (Å²) in [6.45, 7) is 8.14. The maximum Gasteiger partial charge on any atom is 0.166 e. The van der Waals surface area contributed by atoms with Crippen molar-refractivity contribution in [1.82, 2.24) is 0 Å². The number of carbonyl (C=O) groups is 1. The minimum atomic E-state index is -0.522. The van der Waals surface area contributed by atoms with Crippen LogP contribution in [0.2, 0.25) is 0 Å². The summed E-state index contributed by atoms with van der Waals surface area (Å²) < 4.78 is 19.0. The fraction of sp³-hybridized carbons (Fsp3) is 0.500. The maximum atomic E-state index is 13.5. The Balaban J connectivity index is 2.78. The Morgan fingerprint density at radius 1 is 1.35 bits per heavy atom. The highest BCUT2D eigenvalue weighted by Gasteiger charge is 2.15. The summed E-state index contributed by atoms with van der Waals surface area (Å²) in [5, 5.41) is 0. The Morgan fingerprint density at radius 2 is 2.00 bits per heavy atom. The van der Waals surface area contributed by atoms with Gasteiger partial charge in [0.25, 0.3) is 0 Å². The first kappa shape index (κ1) is 13.7. The van der Waals surface area contributed by atoms with E-state index >= 15 is 0 Å². The van der Waals surface area contributed by atoms with E-state index in [1.165, 1.54) is 13.0 Å². The molecule has 0 N–H and O–H groups in total. The summed E-state index contributed by atoms with van der Waals surface area (Å²) in [5.41, 5.74) is 0.199. The molecule has 2 nitrogen and oxygen atoms in total. The van der Waals surface area contributed by atoms with Crippen molar-refractivity contribution < 1.29 is 13.9 Å². The van der Waals surface area contributed by atoms with Crippen LogP contribution < -0.4 is 4.74 Å². The van der Waals surface area contributed by atoms with Crippen molar-refractivity contribution in [3.05, 3.63) is 29.6 Å². The third kappa shape index (κ3) is 4.17. The second kappa shape index (κ2) is 5.30. The Kier molecular flexibility index (Phi) is 4.27. The highest BCUT2D eigenvalue weighted by molar-refractivity contribution is 5.97. The number of hydrogen-bond donors (Lipinski definition) is 0. The first-order valence-corrected chi connectivity index (χ1v) is 5.73. The zero-order valence-corrected chi connectivity index (χ0v) is 10.8. The monoisotopic (exact) mass is 238 g/mol. The van der Waals surface area contributed by atoms with Crippen LogP contribution in [0.1, 0.15) is 44.5 Å². The van der Waals surface area contributed by atoms with E-state index in [0.29, 0.717) is 12.4 Å². The molecule has 0 bridgehead atoms. The number of benzene rings is 1. The quantitative estimate of drug-likeness (QED) is 0.745. The summed E-state index contributed by atoms with van der Waals surface area (Å²) in [6, 6.07) is 4.45. The molecule has 0 spiro atoms. The van der Waals surface area contributed by atoms with Crippen molar-refractivity contribution in [2.75, 3.05) is 6.61 Å². The van der Waals surface area contributed by atoms with Gasteiger partial charge in [0.15, 0.2) is 5.78 Å². The Hall–Kier alpha value is -1.38. The van der Waals surface area contributed by atoms with E-state index in [9.17, 15) is 9.18 Å². The van der Waals surface area contributed by atoms with Crippen LogP contribution in [0, 0.1) is 11.2 Å². The Morgan fingerprint density at radius 3 is 2.53 bits per heavy atom. The summed E-state index contributed by atoms with van der Waals surface area (Å²) >= 11 is 0. The number of ether oxygens (including phenoxy) is 1. The zero-order valence-electron chi connectivity index (χ0n) is 10.8. The van der Waals surface area contributed by atoms with Gasteiger partial charge >= 0.3 is 0 Å². The minimum Gasteiger partial charge on any atom is -0.493 e. The normalized spacial score (nSPS) is 11.4. The molecule has 0 saturated carbocycles. The van der Waals surface area contributed by atoms with Gasteiger partial charge in [0.2, 0.25) is 0 Å². The van der Waals surface area contributed by atoms with E-state index in [0.717, 1.165) is 6.42 Å². The van der Waals surface area contributed by atoms with Crippen LogP contribution in [-0.4, -0.2) is 12.4 Å². The van der Waals surface area contributed by atoms with E-state index < -0.39 is 5.82 Å². The average Bonchev–Trinajstić information content (AvgIpc) is 2.14. The van der Waals surface area contributed by atoms with E-state index in [-0.39, 0.29) is 16.8 Å². The number of Topliss-reactive ketones (excluding diaryl/α,β-unsaturated/α-hetero) is 1. The van der Waals surface area contributed by atoms with Crippen molar-refractivity contribution in [3.63, 3.8) is 0 Å². The van der Waals surface area contributed by atoms with Crippen molar-refractivity contribution in [1.29, 1.82) is 0 Å². The molecule has 0 atom stereocenters. The van der Waals surface area contributed by atoms with Gasteiger partial charge in [-0.2, -0.15) is 0 Å². The summed E-state index contributed by atoms with van der Waals surface area (Å²) in [4.78, 5) is 11.3. The van der Waals surface area contributed by atoms with Gasteiger partial charge in [-0.15, -0.1) is 0 Å². The summed E-state index contributed by atoms with van der Waals surface area (Å²) in [6.07, 6.45) is 0.848.